The summed E-state index contributed by atoms with van der Waals surface area (Å²) in [4.78, 5) is 11.6. The number of nitrogens with zero attached hydrogens (tertiary/aromatic N) is 3. The first-order valence-electron chi connectivity index (χ1n) is 6.09. The minimum Gasteiger partial charge on any atom is -0.480 e. The summed E-state index contributed by atoms with van der Waals surface area (Å²) in [6.07, 6.45) is 0. The lowest BCUT2D eigenvalue weighted by atomic mass is 10.3. The van der Waals surface area contributed by atoms with Gasteiger partial charge in [0.05, 0.1) is 29.9 Å². The summed E-state index contributed by atoms with van der Waals surface area (Å²) in [5, 5.41) is 4.75. The van der Waals surface area contributed by atoms with Gasteiger partial charge < -0.3 is 15.0 Å². The van der Waals surface area contributed by atoms with Crippen molar-refractivity contribution in [2.75, 3.05) is 31.4 Å². The van der Waals surface area contributed by atoms with Gasteiger partial charge in [0, 0.05) is 14.1 Å². The van der Waals surface area contributed by atoms with E-state index in [1.54, 1.807) is 24.5 Å². The molecule has 0 unspecified atom stereocenters. The van der Waals surface area contributed by atoms with Crippen LogP contribution in [-0.2, 0) is 6.54 Å². The quantitative estimate of drug-likeness (QED) is 0.859. The maximum absolute atomic E-state index is 5.85. The standard InChI is InChI=1S/C13H17ClN4OS/c1-8-9(5-6-11(14)16-8)15-7-10-12(19-4)17-13(20-10)18(2)3/h5-6,15H,7H2,1-4H3. The summed E-state index contributed by atoms with van der Waals surface area (Å²) in [6.45, 7) is 2.56. The summed E-state index contributed by atoms with van der Waals surface area (Å²) >= 11 is 7.45. The van der Waals surface area contributed by atoms with Crippen LogP contribution in [0.25, 0.3) is 0 Å². The summed E-state index contributed by atoms with van der Waals surface area (Å²) in [5.41, 5.74) is 1.82. The number of thiazole rings is 1. The second kappa shape index (κ2) is 6.28. The lowest BCUT2D eigenvalue weighted by Gasteiger charge is -2.08. The number of nitrogens with one attached hydrogen (secondary N) is 1. The number of pyridine rings is 1. The van der Waals surface area contributed by atoms with Gasteiger partial charge in [0.2, 0.25) is 5.88 Å². The van der Waals surface area contributed by atoms with Crippen LogP contribution < -0.4 is 15.0 Å². The molecular weight excluding hydrogens is 296 g/mol. The van der Waals surface area contributed by atoms with Crippen molar-refractivity contribution >= 4 is 33.8 Å². The van der Waals surface area contributed by atoms with E-state index in [-0.39, 0.29) is 0 Å². The first kappa shape index (κ1) is 14.9. The predicted molar refractivity (Wildman–Crippen MR) is 84.3 cm³/mol. The van der Waals surface area contributed by atoms with Gasteiger partial charge in [0.25, 0.3) is 0 Å². The summed E-state index contributed by atoms with van der Waals surface area (Å²) in [6, 6.07) is 3.69. The zero-order chi connectivity index (χ0) is 14.7. The van der Waals surface area contributed by atoms with Crippen molar-refractivity contribution in [1.82, 2.24) is 9.97 Å². The topological polar surface area (TPSA) is 50.3 Å². The highest BCUT2D eigenvalue weighted by Gasteiger charge is 2.13. The maximum Gasteiger partial charge on any atom is 0.231 e. The fourth-order valence-corrected chi connectivity index (χ4v) is 2.76. The molecule has 2 aromatic rings. The maximum atomic E-state index is 5.85. The SMILES string of the molecule is COc1nc(N(C)C)sc1CNc1ccc(Cl)nc1C. The zero-order valence-electron chi connectivity index (χ0n) is 11.9. The lowest BCUT2D eigenvalue weighted by Crippen LogP contribution is -2.07. The van der Waals surface area contributed by atoms with E-state index in [9.17, 15) is 0 Å². The second-order valence-corrected chi connectivity index (χ2v) is 5.89. The number of halogens is 1. The third kappa shape index (κ3) is 3.32. The Morgan fingerprint density at radius 3 is 2.70 bits per heavy atom. The highest BCUT2D eigenvalue weighted by Crippen LogP contribution is 2.31. The molecule has 2 heterocycles. The molecule has 0 aliphatic carbocycles. The average molecular weight is 313 g/mol. The fourth-order valence-electron chi connectivity index (χ4n) is 1.68. The molecule has 0 aliphatic heterocycles. The van der Waals surface area contributed by atoms with Crippen molar-refractivity contribution in [3.63, 3.8) is 0 Å². The summed E-state index contributed by atoms with van der Waals surface area (Å²) < 4.78 is 5.31. The summed E-state index contributed by atoms with van der Waals surface area (Å²) in [7, 11) is 5.55. The van der Waals surface area contributed by atoms with E-state index in [2.05, 4.69) is 15.3 Å². The van der Waals surface area contributed by atoms with E-state index in [4.69, 9.17) is 16.3 Å². The number of aromatic nitrogens is 2. The molecule has 7 heteroatoms. The van der Waals surface area contributed by atoms with Crippen molar-refractivity contribution in [3.8, 4) is 5.88 Å². The molecule has 0 radical (unpaired) electrons. The second-order valence-electron chi connectivity index (χ2n) is 4.44. The monoisotopic (exact) mass is 312 g/mol. The van der Waals surface area contributed by atoms with Gasteiger partial charge in [-0.1, -0.05) is 22.9 Å². The van der Waals surface area contributed by atoms with E-state index in [1.165, 1.54) is 0 Å². The lowest BCUT2D eigenvalue weighted by molar-refractivity contribution is 0.397. The molecule has 0 saturated carbocycles. The molecule has 2 rings (SSSR count). The van der Waals surface area contributed by atoms with Gasteiger partial charge in [-0.2, -0.15) is 4.98 Å². The van der Waals surface area contributed by atoms with E-state index in [1.807, 2.05) is 32.0 Å². The van der Waals surface area contributed by atoms with E-state index in [0.717, 1.165) is 21.4 Å². The first-order chi connectivity index (χ1) is 9.51. The van der Waals surface area contributed by atoms with Gasteiger partial charge in [-0.3, -0.25) is 0 Å². The molecule has 0 amide bonds. The van der Waals surface area contributed by atoms with Crippen molar-refractivity contribution in [2.45, 2.75) is 13.5 Å². The first-order valence-corrected chi connectivity index (χ1v) is 7.28. The molecule has 2 aromatic heterocycles. The van der Waals surface area contributed by atoms with Crippen LogP contribution in [0.2, 0.25) is 5.15 Å². The minimum absolute atomic E-state index is 0.498. The molecule has 20 heavy (non-hydrogen) atoms. The van der Waals surface area contributed by atoms with Crippen LogP contribution in [0.5, 0.6) is 5.88 Å². The number of hydrogen-bond donors (Lipinski definition) is 1. The van der Waals surface area contributed by atoms with Crippen molar-refractivity contribution < 1.29 is 4.74 Å². The molecule has 0 atom stereocenters. The summed E-state index contributed by atoms with van der Waals surface area (Å²) in [5.74, 6) is 0.658. The van der Waals surface area contributed by atoms with E-state index < -0.39 is 0 Å². The number of hydrogen-bond acceptors (Lipinski definition) is 6. The smallest absolute Gasteiger partial charge is 0.231 e. The Labute approximate surface area is 127 Å². The predicted octanol–water partition coefficient (Wildman–Crippen LogP) is 3.19. The molecule has 0 bridgehead atoms. The van der Waals surface area contributed by atoms with Crippen LogP contribution >= 0.6 is 22.9 Å². The van der Waals surface area contributed by atoms with Gasteiger partial charge in [-0.05, 0) is 19.1 Å². The van der Waals surface area contributed by atoms with Crippen LogP contribution in [0, 0.1) is 6.92 Å². The number of rotatable bonds is 5. The molecule has 0 aromatic carbocycles. The number of aryl methyl sites for hydroxylation is 1. The van der Waals surface area contributed by atoms with E-state index in [0.29, 0.717) is 17.6 Å². The molecule has 1 N–H and O–H groups in total. The Hall–Kier alpha value is -1.53. The molecule has 0 spiro atoms. The Balaban J connectivity index is 2.14. The molecule has 0 fully saturated rings. The number of methoxy groups -OCH3 is 1. The number of ether oxygens (including phenoxy) is 1. The third-order valence-electron chi connectivity index (χ3n) is 2.72. The van der Waals surface area contributed by atoms with Crippen LogP contribution in [0.15, 0.2) is 12.1 Å². The normalized spacial score (nSPS) is 10.4. The average Bonchev–Trinajstić information content (AvgIpc) is 2.81. The number of anilines is 2. The Morgan fingerprint density at radius 2 is 2.10 bits per heavy atom. The molecule has 0 aliphatic rings. The van der Waals surface area contributed by atoms with Crippen LogP contribution in [0.1, 0.15) is 10.6 Å². The van der Waals surface area contributed by atoms with Crippen LogP contribution in [0.4, 0.5) is 10.8 Å². The van der Waals surface area contributed by atoms with Gasteiger partial charge in [-0.25, -0.2) is 4.98 Å². The van der Waals surface area contributed by atoms with Crippen molar-refractivity contribution in [1.29, 1.82) is 0 Å². The fraction of sp³-hybridized carbons (Fsp3) is 0.385. The Kier molecular flexibility index (Phi) is 4.67. The van der Waals surface area contributed by atoms with Gasteiger partial charge in [-0.15, -0.1) is 0 Å². The Morgan fingerprint density at radius 1 is 1.35 bits per heavy atom. The molecule has 108 valence electrons. The van der Waals surface area contributed by atoms with Crippen LogP contribution in [-0.4, -0.2) is 31.2 Å². The van der Waals surface area contributed by atoms with Crippen LogP contribution in [0.3, 0.4) is 0 Å². The molecular formula is C13H17ClN4OS. The van der Waals surface area contributed by atoms with Crippen molar-refractivity contribution in [3.05, 3.63) is 27.9 Å². The van der Waals surface area contributed by atoms with E-state index >= 15 is 0 Å². The Bertz CT molecular complexity index is 600. The minimum atomic E-state index is 0.498. The molecule has 5 nitrogen and oxygen atoms in total. The highest BCUT2D eigenvalue weighted by atomic mass is 35.5. The molecule has 0 saturated heterocycles. The van der Waals surface area contributed by atoms with Crippen molar-refractivity contribution in [2.24, 2.45) is 0 Å². The van der Waals surface area contributed by atoms with Gasteiger partial charge in [0.15, 0.2) is 5.13 Å². The zero-order valence-corrected chi connectivity index (χ0v) is 13.5. The third-order valence-corrected chi connectivity index (χ3v) is 4.13. The highest BCUT2D eigenvalue weighted by molar-refractivity contribution is 7.15. The van der Waals surface area contributed by atoms with Gasteiger partial charge >= 0.3 is 0 Å². The largest absolute Gasteiger partial charge is 0.480 e. The van der Waals surface area contributed by atoms with Gasteiger partial charge in [0.1, 0.15) is 5.15 Å².